The number of rotatable bonds is 15. The van der Waals surface area contributed by atoms with Crippen molar-refractivity contribution in [3.63, 3.8) is 0 Å². The number of fused-ring (bicyclic) bond motifs is 1. The van der Waals surface area contributed by atoms with Gasteiger partial charge in [-0.2, -0.15) is 0 Å². The summed E-state index contributed by atoms with van der Waals surface area (Å²) in [7, 11) is 1.39. The minimum atomic E-state index is -1.78. The lowest BCUT2D eigenvalue weighted by atomic mass is 9.90. The van der Waals surface area contributed by atoms with E-state index < -0.39 is 68.0 Å². The molecule has 2 aliphatic heterocycles. The summed E-state index contributed by atoms with van der Waals surface area (Å²) in [5.41, 5.74) is 3.50. The van der Waals surface area contributed by atoms with Crippen molar-refractivity contribution in [2.75, 3.05) is 31.7 Å². The van der Waals surface area contributed by atoms with E-state index in [2.05, 4.69) is 15.5 Å². The van der Waals surface area contributed by atoms with Gasteiger partial charge < -0.3 is 46.0 Å². The van der Waals surface area contributed by atoms with Crippen molar-refractivity contribution in [3.05, 3.63) is 33.8 Å². The SMILES string of the molecule is COC[C@H](CS[C@]1(C(=O)O)CN2C(=O)[C@@H](CC(=O)/C(=N\OC(C)(C)C(=O)O)c3csc(N)n3)C2S1)NC(=O)c1ccc(O)c(O)c1Cl. The van der Waals surface area contributed by atoms with Gasteiger partial charge >= 0.3 is 11.9 Å². The van der Waals surface area contributed by atoms with Crippen LogP contribution in [0.4, 0.5) is 5.13 Å². The number of Topliss-reactive ketones (excluding diaryl/α,β-unsaturated/α-hetero) is 1. The quantitative estimate of drug-likeness (QED) is 0.0661. The Balaban J connectivity index is 1.47. The van der Waals surface area contributed by atoms with E-state index in [4.69, 9.17) is 26.9 Å². The number of aliphatic carboxylic acids is 2. The maximum Gasteiger partial charge on any atom is 0.350 e. The van der Waals surface area contributed by atoms with Crippen LogP contribution in [0.2, 0.25) is 5.02 Å². The third kappa shape index (κ3) is 7.53. The molecule has 0 saturated carbocycles. The number of amides is 2. The molecule has 1 aromatic heterocycles. The normalized spacial score (nSPS) is 21.5. The van der Waals surface area contributed by atoms with E-state index in [1.165, 1.54) is 37.3 Å². The van der Waals surface area contributed by atoms with Gasteiger partial charge in [0.25, 0.3) is 5.91 Å². The van der Waals surface area contributed by atoms with Gasteiger partial charge in [0.15, 0.2) is 32.2 Å². The topological polar surface area (TPSA) is 251 Å². The van der Waals surface area contributed by atoms with Crippen LogP contribution in [0.15, 0.2) is 22.7 Å². The van der Waals surface area contributed by atoms with Crippen LogP contribution in [0.1, 0.15) is 36.3 Å². The van der Waals surface area contributed by atoms with E-state index in [0.29, 0.717) is 0 Å². The van der Waals surface area contributed by atoms with Crippen LogP contribution >= 0.6 is 46.5 Å². The van der Waals surface area contributed by atoms with Crippen molar-refractivity contribution in [2.45, 2.75) is 41.4 Å². The highest BCUT2D eigenvalue weighted by Gasteiger charge is 2.62. The standard InChI is InChI=1S/C27H30ClN5O11S3/c1-26(2,23(39)40)44-32-18(14-9-45-25(29)31-14)16(35)6-13-21(38)33-10-27(24(41)42,47-22(13)33)46-8-11(7-43-3)30-20(37)12-4-5-15(34)19(36)17(12)28/h4-5,9,11,13,22,34,36H,6-8,10H2,1-3H3,(H2,29,31)(H,30,37)(H,39,40)(H,41,42)/b32-18-/t11-,13-,22?,27-/m1/s1. The molecule has 2 fully saturated rings. The molecule has 7 N–H and O–H groups in total. The molecule has 0 bridgehead atoms. The number of oxime groups is 1. The molecule has 2 aliphatic rings. The molecule has 1 unspecified atom stereocenters. The molecule has 3 heterocycles. The first kappa shape index (κ1) is 36.1. The predicted molar refractivity (Wildman–Crippen MR) is 173 cm³/mol. The van der Waals surface area contributed by atoms with Crippen LogP contribution < -0.4 is 11.1 Å². The number of anilines is 1. The molecule has 0 radical (unpaired) electrons. The minimum absolute atomic E-state index is 0.0199. The van der Waals surface area contributed by atoms with E-state index in [-0.39, 0.29) is 52.4 Å². The summed E-state index contributed by atoms with van der Waals surface area (Å²) in [4.78, 5) is 74.1. The zero-order valence-electron chi connectivity index (χ0n) is 25.0. The Hall–Kier alpha value is -3.78. The number of aromatic hydroxyl groups is 2. The third-order valence-corrected chi connectivity index (χ3v) is 11.7. The van der Waals surface area contributed by atoms with Crippen molar-refractivity contribution in [2.24, 2.45) is 11.1 Å². The molecule has 2 amide bonds. The largest absolute Gasteiger partial charge is 0.504 e. The summed E-state index contributed by atoms with van der Waals surface area (Å²) >= 11 is 8.98. The molecule has 254 valence electrons. The highest BCUT2D eigenvalue weighted by atomic mass is 35.5. The zero-order chi connectivity index (χ0) is 34.8. The number of ketones is 1. The Morgan fingerprint density at radius 2 is 2.00 bits per heavy atom. The zero-order valence-corrected chi connectivity index (χ0v) is 28.2. The lowest BCUT2D eigenvalue weighted by Gasteiger charge is -2.41. The molecule has 20 heteroatoms. The van der Waals surface area contributed by atoms with Gasteiger partial charge in [0, 0.05) is 24.7 Å². The van der Waals surface area contributed by atoms with Crippen molar-refractivity contribution in [3.8, 4) is 11.5 Å². The smallest absolute Gasteiger partial charge is 0.350 e. The molecule has 2 saturated heterocycles. The van der Waals surface area contributed by atoms with Crippen LogP contribution in [-0.2, 0) is 28.8 Å². The second-order valence-electron chi connectivity index (χ2n) is 10.9. The van der Waals surface area contributed by atoms with Gasteiger partial charge in [-0.25, -0.2) is 14.6 Å². The number of halogens is 1. The van der Waals surface area contributed by atoms with E-state index in [1.54, 1.807) is 0 Å². The van der Waals surface area contributed by atoms with Gasteiger partial charge in [-0.3, -0.25) is 14.4 Å². The number of nitrogens with zero attached hydrogens (tertiary/aromatic N) is 3. The fraction of sp³-hybridized carbons (Fsp3) is 0.444. The van der Waals surface area contributed by atoms with Gasteiger partial charge in [0.05, 0.1) is 41.1 Å². The molecular weight excluding hydrogens is 702 g/mol. The van der Waals surface area contributed by atoms with Crippen molar-refractivity contribution >= 4 is 86.8 Å². The maximum atomic E-state index is 13.4. The number of hydrogen-bond donors (Lipinski definition) is 6. The number of nitrogens with two attached hydrogens (primary N) is 1. The van der Waals surface area contributed by atoms with Crippen LogP contribution in [0.3, 0.4) is 0 Å². The van der Waals surface area contributed by atoms with Crippen LogP contribution in [0.25, 0.3) is 0 Å². The summed E-state index contributed by atoms with van der Waals surface area (Å²) in [5.74, 6) is -6.47. The number of ether oxygens (including phenoxy) is 1. The number of carbonyl (C=O) groups excluding carboxylic acids is 3. The fourth-order valence-electron chi connectivity index (χ4n) is 4.51. The van der Waals surface area contributed by atoms with E-state index in [0.717, 1.165) is 40.9 Å². The van der Waals surface area contributed by atoms with Gasteiger partial charge in [-0.05, 0) is 26.0 Å². The average molecular weight is 732 g/mol. The Morgan fingerprint density at radius 1 is 1.30 bits per heavy atom. The molecule has 47 heavy (non-hydrogen) atoms. The minimum Gasteiger partial charge on any atom is -0.504 e. The number of thiazole rings is 1. The second kappa shape index (κ2) is 14.1. The monoisotopic (exact) mass is 731 g/mol. The Labute approximate surface area is 284 Å². The molecule has 0 spiro atoms. The molecule has 4 rings (SSSR count). The number of thioether (sulfide) groups is 2. The summed E-state index contributed by atoms with van der Waals surface area (Å²) in [6, 6.07) is 1.58. The van der Waals surface area contributed by atoms with Gasteiger partial charge in [0.1, 0.15) is 5.69 Å². The number of phenolic OH excluding ortho intramolecular Hbond substituents is 2. The van der Waals surface area contributed by atoms with Gasteiger partial charge in [-0.1, -0.05) is 16.8 Å². The maximum absolute atomic E-state index is 13.4. The number of carbonyl (C=O) groups is 5. The van der Waals surface area contributed by atoms with Gasteiger partial charge in [0.2, 0.25) is 11.5 Å². The third-order valence-electron chi connectivity index (χ3n) is 7.14. The molecule has 0 aliphatic carbocycles. The van der Waals surface area contributed by atoms with Gasteiger partial charge in [-0.15, -0.1) is 34.9 Å². The molecular formula is C27H30ClN5O11S3. The summed E-state index contributed by atoms with van der Waals surface area (Å²) in [5, 5.41) is 46.1. The lowest BCUT2D eigenvalue weighted by molar-refractivity contribution is -0.161. The van der Waals surface area contributed by atoms with E-state index >= 15 is 0 Å². The number of benzene rings is 1. The molecule has 2 aromatic rings. The van der Waals surface area contributed by atoms with Crippen LogP contribution in [0.5, 0.6) is 11.5 Å². The first-order valence-electron chi connectivity index (χ1n) is 13.6. The Kier molecular flexibility index (Phi) is 10.9. The fourth-order valence-corrected chi connectivity index (χ4v) is 8.46. The number of nitrogen functional groups attached to an aromatic ring is 1. The summed E-state index contributed by atoms with van der Waals surface area (Å²) < 4.78 is 3.64. The number of hydrogen-bond acceptors (Lipinski definition) is 15. The number of nitrogens with one attached hydrogen (secondary N) is 1. The summed E-state index contributed by atoms with van der Waals surface area (Å²) in [6.07, 6.45) is -0.386. The Bertz CT molecular complexity index is 1640. The highest BCUT2D eigenvalue weighted by molar-refractivity contribution is 8.20. The number of aromatic nitrogens is 1. The predicted octanol–water partition coefficient (Wildman–Crippen LogP) is 1.82. The number of carboxylic acid groups (broad SMARTS) is 2. The number of phenols is 2. The number of methoxy groups -OCH3 is 1. The van der Waals surface area contributed by atoms with E-state index in [9.17, 15) is 44.4 Å². The average Bonchev–Trinajstić information content (AvgIpc) is 3.60. The highest BCUT2D eigenvalue weighted by Crippen LogP contribution is 2.55. The van der Waals surface area contributed by atoms with Crippen molar-refractivity contribution < 1.29 is 54.0 Å². The first-order valence-corrected chi connectivity index (χ1v) is 16.7. The van der Waals surface area contributed by atoms with Crippen molar-refractivity contribution in [1.29, 1.82) is 0 Å². The number of β-lactam (4-membered cyclic amide) rings is 1. The second-order valence-corrected chi connectivity index (χ2v) is 15.2. The number of carboxylic acids is 2. The molecule has 16 nitrogen and oxygen atoms in total. The Morgan fingerprint density at radius 3 is 2.60 bits per heavy atom. The van der Waals surface area contributed by atoms with Crippen LogP contribution in [-0.4, -0.2) is 113 Å². The lowest BCUT2D eigenvalue weighted by Crippen LogP contribution is -2.57. The first-order chi connectivity index (χ1) is 22.0. The molecule has 1 aromatic carbocycles. The van der Waals surface area contributed by atoms with E-state index in [1.807, 2.05) is 0 Å². The summed E-state index contributed by atoms with van der Waals surface area (Å²) in [6.45, 7) is 2.26. The van der Waals surface area contributed by atoms with Crippen molar-refractivity contribution in [1.82, 2.24) is 15.2 Å². The van der Waals surface area contributed by atoms with Crippen LogP contribution in [0, 0.1) is 5.92 Å². The molecule has 4 atom stereocenters.